The first-order chi connectivity index (χ1) is 9.84. The Morgan fingerprint density at radius 3 is 2.43 bits per heavy atom. The SMILES string of the molecule is CC(=O)C1CCCCN1S(=O)(=O)c1ccc([N+](=O)[O-])cc1. The van der Waals surface area contributed by atoms with E-state index in [-0.39, 0.29) is 16.4 Å². The van der Waals surface area contributed by atoms with E-state index in [1.54, 1.807) is 0 Å². The summed E-state index contributed by atoms with van der Waals surface area (Å²) < 4.78 is 26.4. The second kappa shape index (κ2) is 5.90. The Morgan fingerprint density at radius 2 is 1.90 bits per heavy atom. The molecule has 0 radical (unpaired) electrons. The molecular weight excluding hydrogens is 296 g/mol. The van der Waals surface area contributed by atoms with Gasteiger partial charge in [0.15, 0.2) is 0 Å². The Hall–Kier alpha value is -1.80. The molecule has 1 unspecified atom stereocenters. The van der Waals surface area contributed by atoms with Crippen molar-refractivity contribution >= 4 is 21.5 Å². The Kier molecular flexibility index (Phi) is 4.38. The molecule has 1 aromatic carbocycles. The summed E-state index contributed by atoms with van der Waals surface area (Å²) in [5, 5.41) is 10.6. The van der Waals surface area contributed by atoms with Crippen LogP contribution in [0.2, 0.25) is 0 Å². The third-order valence-electron chi connectivity index (χ3n) is 3.58. The molecule has 1 heterocycles. The largest absolute Gasteiger partial charge is 0.298 e. The van der Waals surface area contributed by atoms with Gasteiger partial charge in [0.1, 0.15) is 5.78 Å². The van der Waals surface area contributed by atoms with Gasteiger partial charge in [-0.2, -0.15) is 4.31 Å². The molecule has 0 spiro atoms. The van der Waals surface area contributed by atoms with Gasteiger partial charge in [-0.05, 0) is 31.9 Å². The number of carbonyl (C=O) groups excluding carboxylic acids is 1. The quantitative estimate of drug-likeness (QED) is 0.623. The molecule has 114 valence electrons. The van der Waals surface area contributed by atoms with Crippen LogP contribution in [0.15, 0.2) is 29.2 Å². The zero-order chi connectivity index (χ0) is 15.6. The number of hydrogen-bond donors (Lipinski definition) is 0. The number of carbonyl (C=O) groups is 1. The third kappa shape index (κ3) is 3.11. The molecule has 2 rings (SSSR count). The Balaban J connectivity index is 2.35. The van der Waals surface area contributed by atoms with Crippen LogP contribution in [0.25, 0.3) is 0 Å². The van der Waals surface area contributed by atoms with E-state index in [0.29, 0.717) is 19.4 Å². The lowest BCUT2D eigenvalue weighted by atomic mass is 10.0. The zero-order valence-electron chi connectivity index (χ0n) is 11.6. The maximum Gasteiger partial charge on any atom is 0.269 e. The predicted molar refractivity (Wildman–Crippen MR) is 75.3 cm³/mol. The maximum atomic E-state index is 12.6. The molecule has 1 aliphatic heterocycles. The molecule has 1 saturated heterocycles. The fourth-order valence-electron chi connectivity index (χ4n) is 2.47. The summed E-state index contributed by atoms with van der Waals surface area (Å²) in [6.45, 7) is 1.68. The van der Waals surface area contributed by atoms with Crippen LogP contribution in [-0.4, -0.2) is 36.0 Å². The van der Waals surface area contributed by atoms with Crippen LogP contribution in [0.3, 0.4) is 0 Å². The number of piperidine rings is 1. The fraction of sp³-hybridized carbons (Fsp3) is 0.462. The topological polar surface area (TPSA) is 97.6 Å². The third-order valence-corrected chi connectivity index (χ3v) is 5.50. The first-order valence-electron chi connectivity index (χ1n) is 6.61. The molecule has 1 aromatic rings. The fourth-order valence-corrected chi connectivity index (χ4v) is 4.18. The Labute approximate surface area is 122 Å². The van der Waals surface area contributed by atoms with Crippen molar-refractivity contribution in [3.63, 3.8) is 0 Å². The van der Waals surface area contributed by atoms with E-state index < -0.39 is 21.0 Å². The van der Waals surface area contributed by atoms with Crippen LogP contribution in [0, 0.1) is 10.1 Å². The first kappa shape index (κ1) is 15.6. The van der Waals surface area contributed by atoms with Crippen LogP contribution in [0.4, 0.5) is 5.69 Å². The van der Waals surface area contributed by atoms with E-state index in [9.17, 15) is 23.3 Å². The minimum atomic E-state index is -3.81. The van der Waals surface area contributed by atoms with Gasteiger partial charge in [0.2, 0.25) is 10.0 Å². The number of benzene rings is 1. The Bertz CT molecular complexity index is 654. The van der Waals surface area contributed by atoms with Crippen molar-refractivity contribution in [3.05, 3.63) is 34.4 Å². The summed E-state index contributed by atoms with van der Waals surface area (Å²) in [5.41, 5.74) is -0.171. The van der Waals surface area contributed by atoms with Gasteiger partial charge in [0, 0.05) is 18.7 Å². The van der Waals surface area contributed by atoms with Crippen LogP contribution in [0.5, 0.6) is 0 Å². The molecule has 8 heteroatoms. The zero-order valence-corrected chi connectivity index (χ0v) is 12.4. The average molecular weight is 312 g/mol. The van der Waals surface area contributed by atoms with Crippen molar-refractivity contribution < 1.29 is 18.1 Å². The summed E-state index contributed by atoms with van der Waals surface area (Å²) in [7, 11) is -3.81. The highest BCUT2D eigenvalue weighted by atomic mass is 32.2. The number of hydrogen-bond acceptors (Lipinski definition) is 5. The lowest BCUT2D eigenvalue weighted by molar-refractivity contribution is -0.384. The molecule has 0 aliphatic carbocycles. The van der Waals surface area contributed by atoms with Crippen molar-refractivity contribution in [1.82, 2.24) is 4.31 Å². The summed E-state index contributed by atoms with van der Waals surface area (Å²) in [6, 6.07) is 4.08. The number of nitrogens with zero attached hydrogens (tertiary/aromatic N) is 2. The highest BCUT2D eigenvalue weighted by Gasteiger charge is 2.35. The molecule has 0 N–H and O–H groups in total. The van der Waals surface area contributed by atoms with Crippen molar-refractivity contribution in [2.24, 2.45) is 0 Å². The molecule has 21 heavy (non-hydrogen) atoms. The van der Waals surface area contributed by atoms with Gasteiger partial charge < -0.3 is 0 Å². The molecule has 0 bridgehead atoms. The smallest absolute Gasteiger partial charge is 0.269 e. The summed E-state index contributed by atoms with van der Waals surface area (Å²) in [4.78, 5) is 21.6. The van der Waals surface area contributed by atoms with E-state index in [4.69, 9.17) is 0 Å². The van der Waals surface area contributed by atoms with Crippen LogP contribution in [-0.2, 0) is 14.8 Å². The van der Waals surface area contributed by atoms with Gasteiger partial charge in [-0.15, -0.1) is 0 Å². The van der Waals surface area contributed by atoms with Gasteiger partial charge in [-0.3, -0.25) is 14.9 Å². The maximum absolute atomic E-state index is 12.6. The summed E-state index contributed by atoms with van der Waals surface area (Å²) in [6.07, 6.45) is 2.04. The highest BCUT2D eigenvalue weighted by Crippen LogP contribution is 2.26. The van der Waals surface area contributed by atoms with E-state index >= 15 is 0 Å². The van der Waals surface area contributed by atoms with Crippen molar-refractivity contribution in [3.8, 4) is 0 Å². The molecule has 0 amide bonds. The molecule has 1 fully saturated rings. The van der Waals surface area contributed by atoms with Gasteiger partial charge in [0.05, 0.1) is 15.9 Å². The molecular formula is C13H16N2O5S. The van der Waals surface area contributed by atoms with E-state index in [1.165, 1.54) is 23.4 Å². The number of Topliss-reactive ketones (excluding diaryl/α,β-unsaturated/α-hetero) is 1. The van der Waals surface area contributed by atoms with Gasteiger partial charge in [-0.25, -0.2) is 8.42 Å². The number of sulfonamides is 1. The number of nitro groups is 1. The van der Waals surface area contributed by atoms with Crippen molar-refractivity contribution in [2.75, 3.05) is 6.54 Å². The minimum absolute atomic E-state index is 0.0266. The number of ketones is 1. The number of nitro benzene ring substituents is 1. The summed E-state index contributed by atoms with van der Waals surface area (Å²) in [5.74, 6) is -0.180. The molecule has 7 nitrogen and oxygen atoms in total. The van der Waals surface area contributed by atoms with Crippen molar-refractivity contribution in [2.45, 2.75) is 37.1 Å². The number of non-ortho nitro benzene ring substituents is 1. The highest BCUT2D eigenvalue weighted by molar-refractivity contribution is 7.89. The minimum Gasteiger partial charge on any atom is -0.298 e. The first-order valence-corrected chi connectivity index (χ1v) is 8.05. The second-order valence-corrected chi connectivity index (χ2v) is 6.88. The average Bonchev–Trinajstić information content (AvgIpc) is 2.47. The molecule has 0 aromatic heterocycles. The van der Waals surface area contributed by atoms with Crippen LogP contribution in [0.1, 0.15) is 26.2 Å². The predicted octanol–water partition coefficient (Wildman–Crippen LogP) is 1.73. The second-order valence-electron chi connectivity index (χ2n) is 4.99. The molecule has 1 aliphatic rings. The lowest BCUT2D eigenvalue weighted by Gasteiger charge is -2.32. The van der Waals surface area contributed by atoms with Crippen LogP contribution >= 0.6 is 0 Å². The van der Waals surface area contributed by atoms with Gasteiger partial charge in [0.25, 0.3) is 5.69 Å². The van der Waals surface area contributed by atoms with Crippen molar-refractivity contribution in [1.29, 1.82) is 0 Å². The van der Waals surface area contributed by atoms with E-state index in [2.05, 4.69) is 0 Å². The van der Waals surface area contributed by atoms with Gasteiger partial charge in [-0.1, -0.05) is 6.42 Å². The van der Waals surface area contributed by atoms with E-state index in [0.717, 1.165) is 18.6 Å². The Morgan fingerprint density at radius 1 is 1.29 bits per heavy atom. The standard InChI is InChI=1S/C13H16N2O5S/c1-10(16)13-4-2-3-9-14(13)21(19,20)12-7-5-11(6-8-12)15(17)18/h5-8,13H,2-4,9H2,1H3. The van der Waals surface area contributed by atoms with Gasteiger partial charge >= 0.3 is 0 Å². The van der Waals surface area contributed by atoms with E-state index in [1.807, 2.05) is 0 Å². The van der Waals surface area contributed by atoms with Crippen LogP contribution < -0.4 is 0 Å². The normalized spacial score (nSPS) is 20.1. The number of rotatable bonds is 4. The summed E-state index contributed by atoms with van der Waals surface area (Å²) >= 11 is 0. The molecule has 1 atom stereocenters. The lowest BCUT2D eigenvalue weighted by Crippen LogP contribution is -2.47. The molecule has 0 saturated carbocycles. The monoisotopic (exact) mass is 312 g/mol.